The molecule has 0 N–H and O–H groups in total. The molecule has 108 valence electrons. The van der Waals surface area contributed by atoms with Gasteiger partial charge in [-0.25, -0.2) is 4.98 Å². The van der Waals surface area contributed by atoms with Gasteiger partial charge < -0.3 is 4.57 Å². The molecule has 1 aromatic carbocycles. The minimum Gasteiger partial charge on any atom is -0.324 e. The van der Waals surface area contributed by atoms with Gasteiger partial charge in [0.05, 0.1) is 16.4 Å². The van der Waals surface area contributed by atoms with Gasteiger partial charge in [0.1, 0.15) is 5.82 Å². The average Bonchev–Trinajstić information content (AvgIpc) is 2.78. The minimum atomic E-state index is -0.665. The first-order valence-electron chi connectivity index (χ1n) is 6.72. The predicted octanol–water partition coefficient (Wildman–Crippen LogP) is 4.07. The van der Waals surface area contributed by atoms with Gasteiger partial charge in [-0.05, 0) is 38.0 Å². The molecular formula is C14H16Cl2N2OS. The molecule has 3 nitrogen and oxygen atoms in total. The maximum Gasteiger partial charge on any atom is 0.127 e. The lowest BCUT2D eigenvalue weighted by atomic mass is 10.1. The van der Waals surface area contributed by atoms with Crippen molar-refractivity contribution in [2.75, 3.05) is 11.5 Å². The van der Waals surface area contributed by atoms with Crippen molar-refractivity contribution >= 4 is 45.0 Å². The zero-order valence-electron chi connectivity index (χ0n) is 11.2. The number of benzene rings is 1. The van der Waals surface area contributed by atoms with Gasteiger partial charge in [-0.15, -0.1) is 11.6 Å². The predicted molar refractivity (Wildman–Crippen MR) is 85.2 cm³/mol. The van der Waals surface area contributed by atoms with Crippen LogP contribution in [0.25, 0.3) is 11.0 Å². The average molecular weight is 331 g/mol. The van der Waals surface area contributed by atoms with Gasteiger partial charge in [0, 0.05) is 33.4 Å². The van der Waals surface area contributed by atoms with Crippen molar-refractivity contribution in [3.05, 3.63) is 29.0 Å². The van der Waals surface area contributed by atoms with Crippen molar-refractivity contribution < 1.29 is 4.21 Å². The third kappa shape index (κ3) is 2.61. The first kappa shape index (κ1) is 14.4. The first-order chi connectivity index (χ1) is 9.56. The van der Waals surface area contributed by atoms with E-state index in [2.05, 4.69) is 9.55 Å². The number of halogens is 2. The molecule has 2 aromatic rings. The number of rotatable bonds is 2. The second-order valence-corrected chi connectivity index (χ2v) is 7.96. The molecule has 1 aliphatic heterocycles. The Hall–Kier alpha value is -0.580. The van der Waals surface area contributed by atoms with E-state index in [9.17, 15) is 4.21 Å². The molecule has 1 saturated heterocycles. The van der Waals surface area contributed by atoms with Gasteiger partial charge in [-0.1, -0.05) is 11.6 Å². The van der Waals surface area contributed by atoms with Crippen LogP contribution in [0.1, 0.15) is 37.0 Å². The number of nitrogens with zero attached hydrogens (tertiary/aromatic N) is 2. The van der Waals surface area contributed by atoms with Gasteiger partial charge in [-0.3, -0.25) is 4.21 Å². The highest BCUT2D eigenvalue weighted by molar-refractivity contribution is 7.85. The van der Waals surface area contributed by atoms with E-state index in [0.717, 1.165) is 41.2 Å². The molecule has 3 rings (SSSR count). The Balaban J connectivity index is 2.11. The van der Waals surface area contributed by atoms with Crippen LogP contribution in [-0.2, 0) is 10.8 Å². The van der Waals surface area contributed by atoms with E-state index in [0.29, 0.717) is 11.1 Å². The molecule has 0 spiro atoms. The van der Waals surface area contributed by atoms with Crippen molar-refractivity contribution in [3.63, 3.8) is 0 Å². The third-order valence-electron chi connectivity index (χ3n) is 3.76. The molecule has 1 aliphatic rings. The van der Waals surface area contributed by atoms with Crippen LogP contribution < -0.4 is 0 Å². The van der Waals surface area contributed by atoms with Crippen molar-refractivity contribution in [2.45, 2.75) is 31.2 Å². The second-order valence-electron chi connectivity index (χ2n) is 5.17. The molecule has 0 radical (unpaired) electrons. The van der Waals surface area contributed by atoms with Crippen LogP contribution in [0.4, 0.5) is 0 Å². The molecular weight excluding hydrogens is 315 g/mol. The largest absolute Gasteiger partial charge is 0.324 e. The van der Waals surface area contributed by atoms with Crippen molar-refractivity contribution in [1.29, 1.82) is 0 Å². The topological polar surface area (TPSA) is 34.9 Å². The zero-order valence-corrected chi connectivity index (χ0v) is 13.5. The molecule has 0 amide bonds. The minimum absolute atomic E-state index is 0.159. The summed E-state index contributed by atoms with van der Waals surface area (Å²) < 4.78 is 13.8. The SMILES string of the molecule is CC(Cl)c1nc2cc(Cl)ccc2n1C1CCS(=O)CC1. The Morgan fingerprint density at radius 2 is 2.10 bits per heavy atom. The van der Waals surface area contributed by atoms with Crippen molar-refractivity contribution in [3.8, 4) is 0 Å². The molecule has 6 heteroatoms. The van der Waals surface area contributed by atoms with Crippen LogP contribution in [0.3, 0.4) is 0 Å². The number of imidazole rings is 1. The highest BCUT2D eigenvalue weighted by atomic mass is 35.5. The van der Waals surface area contributed by atoms with Gasteiger partial charge >= 0.3 is 0 Å². The lowest BCUT2D eigenvalue weighted by Gasteiger charge is -2.25. The van der Waals surface area contributed by atoms with Gasteiger partial charge in [0.2, 0.25) is 0 Å². The molecule has 0 aliphatic carbocycles. The maximum absolute atomic E-state index is 11.5. The highest BCUT2D eigenvalue weighted by Crippen LogP contribution is 2.33. The number of aromatic nitrogens is 2. The summed E-state index contributed by atoms with van der Waals surface area (Å²) in [6.07, 6.45) is 1.83. The smallest absolute Gasteiger partial charge is 0.127 e. The summed E-state index contributed by atoms with van der Waals surface area (Å²) in [5.41, 5.74) is 1.95. The number of hydrogen-bond acceptors (Lipinski definition) is 2. The molecule has 0 bridgehead atoms. The zero-order chi connectivity index (χ0) is 14.3. The van der Waals surface area contributed by atoms with E-state index < -0.39 is 10.8 Å². The van der Waals surface area contributed by atoms with E-state index in [1.807, 2.05) is 25.1 Å². The normalized spacial score (nSPS) is 24.9. The van der Waals surface area contributed by atoms with Crippen molar-refractivity contribution in [1.82, 2.24) is 9.55 Å². The summed E-state index contributed by atoms with van der Waals surface area (Å²) in [5, 5.41) is 0.522. The third-order valence-corrected chi connectivity index (χ3v) is 5.57. The first-order valence-corrected chi connectivity index (χ1v) is 9.03. The van der Waals surface area contributed by atoms with Crippen LogP contribution in [0.5, 0.6) is 0 Å². The van der Waals surface area contributed by atoms with Gasteiger partial charge in [-0.2, -0.15) is 0 Å². The summed E-state index contributed by atoms with van der Waals surface area (Å²) in [4.78, 5) is 4.64. The Morgan fingerprint density at radius 3 is 2.75 bits per heavy atom. The molecule has 1 atom stereocenters. The number of hydrogen-bond donors (Lipinski definition) is 0. The Labute approximate surface area is 130 Å². The number of fused-ring (bicyclic) bond motifs is 1. The van der Waals surface area contributed by atoms with Crippen molar-refractivity contribution in [2.24, 2.45) is 0 Å². The summed E-state index contributed by atoms with van der Waals surface area (Å²) in [7, 11) is -0.665. The van der Waals surface area contributed by atoms with Gasteiger partial charge in [0.15, 0.2) is 0 Å². The fourth-order valence-corrected chi connectivity index (χ4v) is 4.39. The van der Waals surface area contributed by atoms with E-state index in [1.54, 1.807) is 0 Å². The molecule has 2 heterocycles. The summed E-state index contributed by atoms with van der Waals surface area (Å²) in [5.74, 6) is 2.39. The number of alkyl halides is 1. The Kier molecular flexibility index (Phi) is 4.07. The maximum atomic E-state index is 11.5. The van der Waals surface area contributed by atoms with Crippen LogP contribution in [0.15, 0.2) is 18.2 Å². The summed E-state index contributed by atoms with van der Waals surface area (Å²) >= 11 is 12.3. The second kappa shape index (κ2) is 5.66. The van der Waals surface area contributed by atoms with Crippen LogP contribution >= 0.6 is 23.2 Å². The fourth-order valence-electron chi connectivity index (χ4n) is 2.79. The fraction of sp³-hybridized carbons (Fsp3) is 0.500. The monoisotopic (exact) mass is 330 g/mol. The van der Waals surface area contributed by atoms with E-state index in [-0.39, 0.29) is 5.38 Å². The van der Waals surface area contributed by atoms with Crippen LogP contribution in [0.2, 0.25) is 5.02 Å². The highest BCUT2D eigenvalue weighted by Gasteiger charge is 2.25. The molecule has 1 fully saturated rings. The molecule has 0 saturated carbocycles. The Morgan fingerprint density at radius 1 is 1.40 bits per heavy atom. The van der Waals surface area contributed by atoms with Gasteiger partial charge in [0.25, 0.3) is 0 Å². The lowest BCUT2D eigenvalue weighted by molar-refractivity contribution is 0.457. The molecule has 1 aromatic heterocycles. The van der Waals surface area contributed by atoms with Crippen LogP contribution in [-0.4, -0.2) is 25.3 Å². The molecule has 1 unspecified atom stereocenters. The van der Waals surface area contributed by atoms with E-state index in [1.165, 1.54) is 0 Å². The summed E-state index contributed by atoms with van der Waals surface area (Å²) in [6, 6.07) is 6.08. The molecule has 20 heavy (non-hydrogen) atoms. The quantitative estimate of drug-likeness (QED) is 0.778. The lowest BCUT2D eigenvalue weighted by Crippen LogP contribution is -2.23. The van der Waals surface area contributed by atoms with Crippen LogP contribution in [0, 0.1) is 0 Å². The van der Waals surface area contributed by atoms with E-state index >= 15 is 0 Å². The van der Waals surface area contributed by atoms with E-state index in [4.69, 9.17) is 23.2 Å². The standard InChI is InChI=1S/C14H16Cl2N2OS/c1-9(15)14-17-12-8-10(16)2-3-13(12)18(14)11-4-6-20(19)7-5-11/h2-3,8-9,11H,4-7H2,1H3. The Bertz CT molecular complexity index is 658. The summed E-state index contributed by atoms with van der Waals surface area (Å²) in [6.45, 7) is 1.93.